The van der Waals surface area contributed by atoms with Crippen molar-refractivity contribution in [3.8, 4) is 6.07 Å². The van der Waals surface area contributed by atoms with Crippen molar-refractivity contribution in [3.05, 3.63) is 40.4 Å². The van der Waals surface area contributed by atoms with E-state index in [2.05, 4.69) is 10.2 Å². The molecule has 5 heteroatoms. The van der Waals surface area contributed by atoms with Crippen molar-refractivity contribution >= 4 is 16.8 Å². The second kappa shape index (κ2) is 3.35. The smallest absolute Gasteiger partial charge is 0.332 e. The lowest BCUT2D eigenvalue weighted by atomic mass is 10.1. The Morgan fingerprint density at radius 3 is 2.93 bits per heavy atom. The van der Waals surface area contributed by atoms with Gasteiger partial charge < -0.3 is 4.98 Å². The van der Waals surface area contributed by atoms with E-state index in [0.29, 0.717) is 16.5 Å². The van der Waals surface area contributed by atoms with E-state index in [1.807, 2.05) is 6.07 Å². The first-order valence-electron chi connectivity index (χ1n) is 4.16. The van der Waals surface area contributed by atoms with E-state index >= 15 is 0 Å². The van der Waals surface area contributed by atoms with Gasteiger partial charge in [0.15, 0.2) is 0 Å². The molecule has 0 aliphatic heterocycles. The summed E-state index contributed by atoms with van der Waals surface area (Å²) >= 11 is 0. The van der Waals surface area contributed by atoms with Gasteiger partial charge in [0.05, 0.1) is 11.6 Å². The Bertz CT molecular complexity index is 592. The molecule has 5 nitrogen and oxygen atoms in total. The van der Waals surface area contributed by atoms with Crippen LogP contribution >= 0.6 is 0 Å². The molecule has 0 fully saturated rings. The van der Waals surface area contributed by atoms with Crippen LogP contribution in [0, 0.1) is 16.2 Å². The minimum atomic E-state index is -0.866. The third-order valence-corrected chi connectivity index (χ3v) is 2.10. The number of benzene rings is 1. The summed E-state index contributed by atoms with van der Waals surface area (Å²) in [6.07, 6.45) is 0. The molecule has 0 aliphatic rings. The molecule has 0 saturated carbocycles. The molecule has 1 aromatic carbocycles. The highest BCUT2D eigenvalue weighted by Crippen LogP contribution is 2.19. The fraction of sp³-hybridized carbons (Fsp3) is 0. The maximum absolute atomic E-state index is 11.0. The number of nitrogens with one attached hydrogen (secondary N) is 1. The van der Waals surface area contributed by atoms with Crippen molar-refractivity contribution in [2.45, 2.75) is 0 Å². The number of nitrogens with zero attached hydrogens (tertiary/aromatic N) is 2. The number of hydrogen-bond donors (Lipinski definition) is 1. The number of nitriles is 1. The van der Waals surface area contributed by atoms with E-state index in [9.17, 15) is 9.70 Å². The number of H-pyrrole nitrogens is 1. The molecule has 0 spiro atoms. The van der Waals surface area contributed by atoms with Gasteiger partial charge in [-0.1, -0.05) is 6.07 Å². The molecule has 0 atom stereocenters. The van der Waals surface area contributed by atoms with Gasteiger partial charge in [0.1, 0.15) is 5.69 Å². The number of aromatic amines is 1. The predicted molar refractivity (Wildman–Crippen MR) is 53.1 cm³/mol. The van der Waals surface area contributed by atoms with Gasteiger partial charge in [0, 0.05) is 16.1 Å². The second-order valence-corrected chi connectivity index (χ2v) is 2.96. The number of nitroso groups, excluding NO2 is 1. The van der Waals surface area contributed by atoms with Crippen molar-refractivity contribution in [3.63, 3.8) is 0 Å². The lowest BCUT2D eigenvalue weighted by Gasteiger charge is -1.89. The van der Waals surface area contributed by atoms with Gasteiger partial charge in [-0.05, 0) is 18.2 Å². The summed E-state index contributed by atoms with van der Waals surface area (Å²) in [6.45, 7) is 0. The number of carbonyl (C=O) groups excluding carboxylic acids is 1. The molecule has 2 rings (SSSR count). The molecule has 72 valence electrons. The Kier molecular flexibility index (Phi) is 2.03. The molecule has 0 unspecified atom stereocenters. The van der Waals surface area contributed by atoms with E-state index in [0.717, 1.165) is 0 Å². The number of fused-ring (bicyclic) bond motifs is 1. The summed E-state index contributed by atoms with van der Waals surface area (Å²) < 4.78 is 0. The van der Waals surface area contributed by atoms with Crippen molar-refractivity contribution in [1.82, 2.24) is 4.98 Å². The van der Waals surface area contributed by atoms with Crippen LogP contribution in [0.1, 0.15) is 16.1 Å². The normalized spacial score (nSPS) is 9.80. The number of carbonyl (C=O) groups is 1. The lowest BCUT2D eigenvalue weighted by molar-refractivity contribution is 0.0997. The minimum absolute atomic E-state index is 0.0997. The van der Waals surface area contributed by atoms with Crippen LogP contribution in [-0.2, 0) is 0 Å². The molecule has 0 aliphatic carbocycles. The molecular weight excluding hydrogens is 194 g/mol. The molecular formula is C10H5N3O2. The van der Waals surface area contributed by atoms with Crippen LogP contribution in [0.4, 0.5) is 0 Å². The van der Waals surface area contributed by atoms with E-state index in [1.54, 1.807) is 18.2 Å². The highest BCUT2D eigenvalue weighted by Gasteiger charge is 2.11. The van der Waals surface area contributed by atoms with Gasteiger partial charge >= 0.3 is 5.91 Å². The molecule has 0 saturated heterocycles. The number of aromatic nitrogens is 1. The first-order chi connectivity index (χ1) is 7.26. The summed E-state index contributed by atoms with van der Waals surface area (Å²) in [4.78, 5) is 23.8. The summed E-state index contributed by atoms with van der Waals surface area (Å²) in [5.41, 5.74) is 1.19. The molecule has 0 radical (unpaired) electrons. The number of amides is 1. The molecule has 1 N–H and O–H groups in total. The van der Waals surface area contributed by atoms with Crippen LogP contribution in [0.5, 0.6) is 0 Å². The van der Waals surface area contributed by atoms with Crippen LogP contribution in [0.2, 0.25) is 0 Å². The first kappa shape index (κ1) is 9.09. The Morgan fingerprint density at radius 1 is 1.47 bits per heavy atom. The van der Waals surface area contributed by atoms with Gasteiger partial charge in [-0.2, -0.15) is 5.26 Å². The zero-order valence-corrected chi connectivity index (χ0v) is 7.52. The summed E-state index contributed by atoms with van der Waals surface area (Å²) in [7, 11) is 0. The van der Waals surface area contributed by atoms with Crippen molar-refractivity contribution in [1.29, 1.82) is 5.26 Å². The van der Waals surface area contributed by atoms with Crippen LogP contribution in [0.15, 0.2) is 29.4 Å². The van der Waals surface area contributed by atoms with E-state index < -0.39 is 5.91 Å². The topological polar surface area (TPSA) is 86.1 Å². The molecule has 15 heavy (non-hydrogen) atoms. The third-order valence-electron chi connectivity index (χ3n) is 2.10. The van der Waals surface area contributed by atoms with Gasteiger partial charge in [-0.25, -0.2) is 0 Å². The van der Waals surface area contributed by atoms with Gasteiger partial charge in [-0.3, -0.25) is 4.79 Å². The largest absolute Gasteiger partial charge is 0.350 e. The highest BCUT2D eigenvalue weighted by molar-refractivity contribution is 5.99. The van der Waals surface area contributed by atoms with E-state index in [-0.39, 0.29) is 5.69 Å². The summed E-state index contributed by atoms with van der Waals surface area (Å²) in [5.74, 6) is -0.866. The van der Waals surface area contributed by atoms with Crippen molar-refractivity contribution in [2.24, 2.45) is 5.18 Å². The number of rotatable bonds is 1. The summed E-state index contributed by atoms with van der Waals surface area (Å²) in [6, 6.07) is 8.51. The third kappa shape index (κ3) is 1.38. The fourth-order valence-electron chi connectivity index (χ4n) is 1.42. The van der Waals surface area contributed by atoms with E-state index in [4.69, 9.17) is 5.26 Å². The summed E-state index contributed by atoms with van der Waals surface area (Å²) in [5, 5.41) is 11.7. The van der Waals surface area contributed by atoms with Crippen LogP contribution < -0.4 is 0 Å². The maximum Gasteiger partial charge on any atom is 0.332 e. The zero-order valence-electron chi connectivity index (χ0n) is 7.52. The standard InChI is InChI=1S/C10H5N3O2/c11-5-6-2-1-3-8-7(6)4-9(12-8)10(14)13-15/h1-4,12H. The maximum atomic E-state index is 11.0. The SMILES string of the molecule is N#Cc1cccc2[nH]c(C(=O)N=O)cc12. The zero-order chi connectivity index (χ0) is 10.8. The van der Waals surface area contributed by atoms with Crippen molar-refractivity contribution in [2.75, 3.05) is 0 Å². The molecule has 2 aromatic rings. The quantitative estimate of drug-likeness (QED) is 0.712. The van der Waals surface area contributed by atoms with Gasteiger partial charge in [0.2, 0.25) is 0 Å². The number of hydrogen-bond acceptors (Lipinski definition) is 3. The molecule has 1 amide bonds. The molecule has 1 heterocycles. The van der Waals surface area contributed by atoms with Crippen LogP contribution in [0.3, 0.4) is 0 Å². The monoisotopic (exact) mass is 199 g/mol. The second-order valence-electron chi connectivity index (χ2n) is 2.96. The Morgan fingerprint density at radius 2 is 2.27 bits per heavy atom. The van der Waals surface area contributed by atoms with E-state index in [1.165, 1.54) is 6.07 Å². The molecule has 1 aromatic heterocycles. The Labute approximate surface area is 84.3 Å². The molecule has 0 bridgehead atoms. The fourth-order valence-corrected chi connectivity index (χ4v) is 1.42. The Hall–Kier alpha value is -2.48. The van der Waals surface area contributed by atoms with Crippen LogP contribution in [-0.4, -0.2) is 10.9 Å². The van der Waals surface area contributed by atoms with Gasteiger partial charge in [-0.15, -0.1) is 4.91 Å². The highest BCUT2D eigenvalue weighted by atomic mass is 16.3. The predicted octanol–water partition coefficient (Wildman–Crippen LogP) is 1.95. The van der Waals surface area contributed by atoms with Crippen molar-refractivity contribution < 1.29 is 4.79 Å². The van der Waals surface area contributed by atoms with Gasteiger partial charge in [0.25, 0.3) is 0 Å². The Balaban J connectivity index is 2.71. The minimum Gasteiger partial charge on any atom is -0.350 e. The lowest BCUT2D eigenvalue weighted by Crippen LogP contribution is -1.91. The average Bonchev–Trinajstić information content (AvgIpc) is 2.71. The first-order valence-corrected chi connectivity index (χ1v) is 4.16. The average molecular weight is 199 g/mol. The van der Waals surface area contributed by atoms with Crippen LogP contribution in [0.25, 0.3) is 10.9 Å².